The minimum absolute atomic E-state index is 0.0701. The van der Waals surface area contributed by atoms with E-state index in [1.54, 1.807) is 0 Å². The molecule has 19 heavy (non-hydrogen) atoms. The van der Waals surface area contributed by atoms with Crippen molar-refractivity contribution >= 4 is 0 Å². The highest BCUT2D eigenvalue weighted by Gasteiger charge is 2.45. The van der Waals surface area contributed by atoms with Crippen molar-refractivity contribution in [3.05, 3.63) is 35.1 Å². The Kier molecular flexibility index (Phi) is 3.42. The Bertz CT molecular complexity index is 498. The van der Waals surface area contributed by atoms with Gasteiger partial charge in [0, 0.05) is 5.56 Å². The summed E-state index contributed by atoms with van der Waals surface area (Å²) in [5.41, 5.74) is -1.48. The van der Waals surface area contributed by atoms with Gasteiger partial charge in [0.15, 0.2) is 17.5 Å². The first-order chi connectivity index (χ1) is 8.67. The molecule has 0 saturated heterocycles. The van der Waals surface area contributed by atoms with Crippen LogP contribution in [0.2, 0.25) is 0 Å². The van der Waals surface area contributed by atoms with Gasteiger partial charge in [0.1, 0.15) is 0 Å². The van der Waals surface area contributed by atoms with Crippen molar-refractivity contribution in [3.63, 3.8) is 0 Å². The van der Waals surface area contributed by atoms with Crippen molar-refractivity contribution in [2.24, 2.45) is 11.3 Å². The lowest BCUT2D eigenvalue weighted by molar-refractivity contribution is -0.0796. The van der Waals surface area contributed by atoms with E-state index in [1.807, 2.05) is 6.92 Å². The average Bonchev–Trinajstić information content (AvgIpc) is 2.31. The maximum atomic E-state index is 13.9. The van der Waals surface area contributed by atoms with E-state index in [4.69, 9.17) is 0 Å². The van der Waals surface area contributed by atoms with E-state index in [-0.39, 0.29) is 16.9 Å². The van der Waals surface area contributed by atoms with Gasteiger partial charge >= 0.3 is 0 Å². The van der Waals surface area contributed by atoms with Gasteiger partial charge in [0.05, 0.1) is 5.60 Å². The fraction of sp³-hybridized carbons (Fsp3) is 0.600. The Balaban J connectivity index is 2.44. The minimum atomic E-state index is -1.51. The van der Waals surface area contributed by atoms with Crippen molar-refractivity contribution in [3.8, 4) is 0 Å². The summed E-state index contributed by atoms with van der Waals surface area (Å²) in [5, 5.41) is 10.7. The van der Waals surface area contributed by atoms with Gasteiger partial charge in [-0.15, -0.1) is 0 Å². The van der Waals surface area contributed by atoms with E-state index >= 15 is 0 Å². The first-order valence-electron chi connectivity index (χ1n) is 6.54. The molecule has 1 aliphatic rings. The summed E-state index contributed by atoms with van der Waals surface area (Å²) in [4.78, 5) is 0. The number of benzene rings is 1. The molecule has 1 N–H and O–H groups in total. The van der Waals surface area contributed by atoms with Gasteiger partial charge < -0.3 is 5.11 Å². The van der Waals surface area contributed by atoms with Crippen LogP contribution in [-0.2, 0) is 5.60 Å². The smallest absolute Gasteiger partial charge is 0.194 e. The van der Waals surface area contributed by atoms with Crippen LogP contribution in [0.3, 0.4) is 0 Å². The molecule has 1 aromatic carbocycles. The molecular weight excluding hydrogens is 253 g/mol. The summed E-state index contributed by atoms with van der Waals surface area (Å²) >= 11 is 0. The predicted molar refractivity (Wildman–Crippen MR) is 67.0 cm³/mol. The molecule has 1 nitrogen and oxygen atoms in total. The first-order valence-corrected chi connectivity index (χ1v) is 6.54. The predicted octanol–water partition coefficient (Wildman–Crippen LogP) is 4.14. The monoisotopic (exact) mass is 272 g/mol. The Morgan fingerprint density at radius 3 is 2.32 bits per heavy atom. The molecular formula is C15H19F3O. The van der Waals surface area contributed by atoms with Crippen molar-refractivity contribution in [2.45, 2.75) is 45.6 Å². The lowest BCUT2D eigenvalue weighted by atomic mass is 9.63. The van der Waals surface area contributed by atoms with Crippen molar-refractivity contribution < 1.29 is 18.3 Å². The molecule has 1 aliphatic carbocycles. The Hall–Kier alpha value is -1.03. The largest absolute Gasteiger partial charge is 0.385 e. The molecule has 1 fully saturated rings. The van der Waals surface area contributed by atoms with Crippen LogP contribution in [0.5, 0.6) is 0 Å². The average molecular weight is 272 g/mol. The highest BCUT2D eigenvalue weighted by atomic mass is 19.2. The second-order valence-corrected chi connectivity index (χ2v) is 6.42. The van der Waals surface area contributed by atoms with E-state index in [9.17, 15) is 18.3 Å². The Morgan fingerprint density at radius 1 is 1.11 bits per heavy atom. The molecule has 0 aliphatic heterocycles. The van der Waals surface area contributed by atoms with Gasteiger partial charge in [-0.25, -0.2) is 13.2 Å². The molecule has 0 radical (unpaired) electrons. The molecule has 0 aromatic heterocycles. The molecule has 0 spiro atoms. The SMILES string of the molecule is CC1CC(C)(C)CCC1(O)c1ccc(F)c(F)c1F. The van der Waals surface area contributed by atoms with E-state index in [1.165, 1.54) is 0 Å². The maximum Gasteiger partial charge on any atom is 0.194 e. The molecule has 0 bridgehead atoms. The quantitative estimate of drug-likeness (QED) is 0.762. The Morgan fingerprint density at radius 2 is 1.74 bits per heavy atom. The van der Waals surface area contributed by atoms with Crippen LogP contribution in [0.25, 0.3) is 0 Å². The fourth-order valence-electron chi connectivity index (χ4n) is 3.14. The van der Waals surface area contributed by atoms with Gasteiger partial charge in [-0.3, -0.25) is 0 Å². The number of rotatable bonds is 1. The highest BCUT2D eigenvalue weighted by molar-refractivity contribution is 5.28. The third-order valence-electron chi connectivity index (χ3n) is 4.36. The summed E-state index contributed by atoms with van der Waals surface area (Å²) in [7, 11) is 0. The fourth-order valence-corrected chi connectivity index (χ4v) is 3.14. The van der Waals surface area contributed by atoms with Crippen molar-refractivity contribution in [1.82, 2.24) is 0 Å². The topological polar surface area (TPSA) is 20.2 Å². The van der Waals surface area contributed by atoms with Gasteiger partial charge in [0.2, 0.25) is 0 Å². The summed E-state index contributed by atoms with van der Waals surface area (Å²) in [6, 6.07) is 2.03. The van der Waals surface area contributed by atoms with Crippen LogP contribution in [0.4, 0.5) is 13.2 Å². The van der Waals surface area contributed by atoms with E-state index < -0.39 is 23.1 Å². The summed E-state index contributed by atoms with van der Waals surface area (Å²) < 4.78 is 40.2. The van der Waals surface area contributed by atoms with Gasteiger partial charge in [-0.2, -0.15) is 0 Å². The zero-order valence-electron chi connectivity index (χ0n) is 11.4. The second kappa shape index (κ2) is 4.51. The first kappa shape index (κ1) is 14.4. The summed E-state index contributed by atoms with van der Waals surface area (Å²) in [6.45, 7) is 6.00. The van der Waals surface area contributed by atoms with Crippen LogP contribution < -0.4 is 0 Å². The number of hydrogen-bond donors (Lipinski definition) is 1. The third-order valence-corrected chi connectivity index (χ3v) is 4.36. The lowest BCUT2D eigenvalue weighted by Gasteiger charge is -2.45. The molecule has 4 heteroatoms. The Labute approximate surface area is 111 Å². The number of aliphatic hydroxyl groups is 1. The van der Waals surface area contributed by atoms with Crippen molar-refractivity contribution in [2.75, 3.05) is 0 Å². The molecule has 1 aromatic rings. The second-order valence-electron chi connectivity index (χ2n) is 6.42. The molecule has 2 atom stereocenters. The molecule has 2 unspecified atom stereocenters. The molecule has 106 valence electrons. The number of hydrogen-bond acceptors (Lipinski definition) is 1. The van der Waals surface area contributed by atoms with Crippen LogP contribution >= 0.6 is 0 Å². The highest BCUT2D eigenvalue weighted by Crippen LogP contribution is 2.49. The van der Waals surface area contributed by atoms with E-state index in [0.717, 1.165) is 12.1 Å². The van der Waals surface area contributed by atoms with Crippen LogP contribution in [0.1, 0.15) is 45.6 Å². The molecule has 1 saturated carbocycles. The summed E-state index contributed by atoms with van der Waals surface area (Å²) in [5.74, 6) is -4.22. The zero-order chi connectivity index (χ0) is 14.4. The molecule has 0 heterocycles. The number of halogens is 3. The summed E-state index contributed by atoms with van der Waals surface area (Å²) in [6.07, 6.45) is 1.78. The van der Waals surface area contributed by atoms with Crippen LogP contribution in [0.15, 0.2) is 12.1 Å². The van der Waals surface area contributed by atoms with Crippen LogP contribution in [0, 0.1) is 28.8 Å². The van der Waals surface area contributed by atoms with Crippen LogP contribution in [-0.4, -0.2) is 5.11 Å². The zero-order valence-corrected chi connectivity index (χ0v) is 11.4. The van der Waals surface area contributed by atoms with Gasteiger partial charge in [-0.05, 0) is 36.7 Å². The standard InChI is InChI=1S/C15H19F3O/c1-9-8-14(2,3)6-7-15(9,19)10-4-5-11(16)13(18)12(10)17/h4-5,9,19H,6-8H2,1-3H3. The molecule has 2 rings (SSSR count). The third kappa shape index (κ3) is 2.38. The van der Waals surface area contributed by atoms with Gasteiger partial charge in [-0.1, -0.05) is 26.8 Å². The normalized spacial score (nSPS) is 30.4. The minimum Gasteiger partial charge on any atom is -0.385 e. The van der Waals surface area contributed by atoms with Gasteiger partial charge in [0.25, 0.3) is 0 Å². The van der Waals surface area contributed by atoms with E-state index in [0.29, 0.717) is 19.3 Å². The van der Waals surface area contributed by atoms with E-state index in [2.05, 4.69) is 13.8 Å². The maximum absolute atomic E-state index is 13.9. The lowest BCUT2D eigenvalue weighted by Crippen LogP contribution is -2.42. The molecule has 0 amide bonds. The van der Waals surface area contributed by atoms with Crippen molar-refractivity contribution in [1.29, 1.82) is 0 Å².